The van der Waals surface area contributed by atoms with Crippen LogP contribution in [0.4, 0.5) is 0 Å². The number of hydrogen-bond donors (Lipinski definition) is 1. The molecule has 2 rings (SSSR count). The third kappa shape index (κ3) is 2.95. The maximum Gasteiger partial charge on any atom is 0.303 e. The summed E-state index contributed by atoms with van der Waals surface area (Å²) in [7, 11) is 0. The number of rotatable bonds is 3. The van der Waals surface area contributed by atoms with Crippen molar-refractivity contribution in [3.63, 3.8) is 0 Å². The third-order valence-corrected chi connectivity index (χ3v) is 4.04. The van der Waals surface area contributed by atoms with E-state index in [9.17, 15) is 9.59 Å². The quantitative estimate of drug-likeness (QED) is 0.821. The molecule has 0 aromatic heterocycles. The topological polar surface area (TPSA) is 57.6 Å². The summed E-state index contributed by atoms with van der Waals surface area (Å²) >= 11 is 7.96. The van der Waals surface area contributed by atoms with E-state index < -0.39 is 5.97 Å². The average Bonchev–Trinajstić information content (AvgIpc) is 2.25. The number of aliphatic carboxylic acids is 1. The second-order valence-corrected chi connectivity index (χ2v) is 5.90. The number of carboxylic acid groups (broad SMARTS) is 1. The summed E-state index contributed by atoms with van der Waals surface area (Å²) in [5.41, 5.74) is 0.580. The normalized spacial score (nSPS) is 15.3. The Balaban J connectivity index is 2.01. The average molecular weight is 380 g/mol. The van der Waals surface area contributed by atoms with E-state index in [1.165, 1.54) is 0 Å². The molecule has 6 heteroatoms. The number of benzene rings is 1. The van der Waals surface area contributed by atoms with Crippen molar-refractivity contribution in [1.29, 1.82) is 0 Å². The Hall–Kier alpha value is -0.820. The fourth-order valence-corrected chi connectivity index (χ4v) is 2.68. The first-order valence-corrected chi connectivity index (χ1v) is 6.89. The lowest BCUT2D eigenvalue weighted by molar-refractivity contribution is -0.139. The number of carboxylic acids is 1. The van der Waals surface area contributed by atoms with E-state index in [0.29, 0.717) is 23.7 Å². The Kier molecular flexibility index (Phi) is 4.11. The lowest BCUT2D eigenvalue weighted by Crippen LogP contribution is -2.50. The van der Waals surface area contributed by atoms with E-state index in [1.807, 2.05) is 0 Å². The molecule has 1 aliphatic rings. The van der Waals surface area contributed by atoms with Gasteiger partial charge in [0.25, 0.3) is 5.91 Å². The Labute approximate surface area is 123 Å². The molecule has 1 fully saturated rings. The van der Waals surface area contributed by atoms with E-state index in [2.05, 4.69) is 22.6 Å². The molecular weight excluding hydrogens is 368 g/mol. The molecule has 0 unspecified atom stereocenters. The van der Waals surface area contributed by atoms with Crippen LogP contribution in [0, 0.1) is 9.49 Å². The lowest BCUT2D eigenvalue weighted by Gasteiger charge is -2.38. The summed E-state index contributed by atoms with van der Waals surface area (Å²) < 4.78 is 0.851. The molecular formula is C12H11ClINO3. The molecule has 18 heavy (non-hydrogen) atoms. The highest BCUT2D eigenvalue weighted by Gasteiger charge is 2.33. The second kappa shape index (κ2) is 5.44. The van der Waals surface area contributed by atoms with E-state index in [0.717, 1.165) is 3.57 Å². The first-order valence-electron chi connectivity index (χ1n) is 5.43. The summed E-state index contributed by atoms with van der Waals surface area (Å²) in [4.78, 5) is 24.3. The van der Waals surface area contributed by atoms with Crippen LogP contribution in [0.15, 0.2) is 18.2 Å². The molecule has 0 bridgehead atoms. The molecule has 0 saturated carbocycles. The number of likely N-dealkylation sites (tertiary alicyclic amines) is 1. The number of carbonyl (C=O) groups excluding carboxylic acids is 1. The maximum absolute atomic E-state index is 12.1. The van der Waals surface area contributed by atoms with Crippen LogP contribution < -0.4 is 0 Å². The molecule has 0 spiro atoms. The summed E-state index contributed by atoms with van der Waals surface area (Å²) in [6, 6.07) is 5.18. The van der Waals surface area contributed by atoms with Gasteiger partial charge in [-0.3, -0.25) is 9.59 Å². The summed E-state index contributed by atoms with van der Waals surface area (Å²) in [6.07, 6.45) is 0.121. The Bertz CT molecular complexity index is 500. The van der Waals surface area contributed by atoms with Gasteiger partial charge < -0.3 is 10.0 Å². The number of hydrogen-bond acceptors (Lipinski definition) is 2. The van der Waals surface area contributed by atoms with Crippen LogP contribution in [0.3, 0.4) is 0 Å². The zero-order chi connectivity index (χ0) is 13.3. The zero-order valence-electron chi connectivity index (χ0n) is 9.40. The van der Waals surface area contributed by atoms with Crippen molar-refractivity contribution in [2.24, 2.45) is 5.92 Å². The number of nitrogens with zero attached hydrogens (tertiary/aromatic N) is 1. The van der Waals surface area contributed by atoms with Crippen molar-refractivity contribution in [2.75, 3.05) is 13.1 Å². The van der Waals surface area contributed by atoms with E-state index in [-0.39, 0.29) is 18.2 Å². The number of halogens is 2. The van der Waals surface area contributed by atoms with Crippen molar-refractivity contribution in [2.45, 2.75) is 6.42 Å². The predicted octanol–water partition coefficient (Wildman–Crippen LogP) is 2.49. The lowest BCUT2D eigenvalue weighted by atomic mass is 9.95. The molecule has 96 valence electrons. The molecule has 1 amide bonds. The first-order chi connectivity index (χ1) is 8.47. The third-order valence-electron chi connectivity index (χ3n) is 2.87. The first kappa shape index (κ1) is 13.6. The Morgan fingerprint density at radius 1 is 1.44 bits per heavy atom. The van der Waals surface area contributed by atoms with Crippen LogP contribution in [-0.2, 0) is 4.79 Å². The predicted molar refractivity (Wildman–Crippen MR) is 75.8 cm³/mol. The van der Waals surface area contributed by atoms with Gasteiger partial charge in [-0.15, -0.1) is 0 Å². The fraction of sp³-hybridized carbons (Fsp3) is 0.333. The second-order valence-electron chi connectivity index (χ2n) is 4.30. The van der Waals surface area contributed by atoms with Crippen molar-refractivity contribution in [3.05, 3.63) is 32.4 Å². The van der Waals surface area contributed by atoms with Gasteiger partial charge in [0.2, 0.25) is 0 Å². The van der Waals surface area contributed by atoms with Crippen LogP contribution in [0.25, 0.3) is 0 Å². The molecule has 1 aromatic rings. The summed E-state index contributed by atoms with van der Waals surface area (Å²) in [6.45, 7) is 1.02. The van der Waals surface area contributed by atoms with Gasteiger partial charge >= 0.3 is 5.97 Å². The minimum atomic E-state index is -0.815. The summed E-state index contributed by atoms with van der Waals surface area (Å²) in [5.74, 6) is -0.823. The van der Waals surface area contributed by atoms with Crippen LogP contribution in [0.5, 0.6) is 0 Å². The molecule has 1 N–H and O–H groups in total. The highest BCUT2D eigenvalue weighted by atomic mass is 127. The van der Waals surface area contributed by atoms with Gasteiger partial charge in [0.05, 0.1) is 12.0 Å². The largest absolute Gasteiger partial charge is 0.481 e. The van der Waals surface area contributed by atoms with Gasteiger partial charge in [0, 0.05) is 27.6 Å². The van der Waals surface area contributed by atoms with Crippen LogP contribution in [0.2, 0.25) is 5.02 Å². The van der Waals surface area contributed by atoms with E-state index in [1.54, 1.807) is 23.1 Å². The van der Waals surface area contributed by atoms with Gasteiger partial charge in [-0.1, -0.05) is 11.6 Å². The van der Waals surface area contributed by atoms with Gasteiger partial charge in [-0.25, -0.2) is 0 Å². The van der Waals surface area contributed by atoms with Crippen LogP contribution in [0.1, 0.15) is 16.8 Å². The number of amides is 1. The van der Waals surface area contributed by atoms with Crippen LogP contribution in [-0.4, -0.2) is 35.0 Å². The van der Waals surface area contributed by atoms with Crippen molar-refractivity contribution < 1.29 is 14.7 Å². The minimum Gasteiger partial charge on any atom is -0.481 e. The maximum atomic E-state index is 12.1. The standard InChI is InChI=1S/C12H11ClINO3/c13-8-1-2-10(14)9(4-8)12(18)15-5-7(6-15)3-11(16)17/h1-2,4,7H,3,5-6H2,(H,16,17). The van der Waals surface area contributed by atoms with Crippen molar-refractivity contribution in [3.8, 4) is 0 Å². The smallest absolute Gasteiger partial charge is 0.303 e. The van der Waals surface area contributed by atoms with Gasteiger partial charge in [-0.05, 0) is 40.8 Å². The SMILES string of the molecule is O=C(O)CC1CN(C(=O)c2cc(Cl)ccc2I)C1. The van der Waals surface area contributed by atoms with Gasteiger partial charge in [-0.2, -0.15) is 0 Å². The highest BCUT2D eigenvalue weighted by Crippen LogP contribution is 2.25. The molecule has 1 aromatic carbocycles. The molecule has 0 atom stereocenters. The minimum absolute atomic E-state index is 0.0725. The molecule has 1 heterocycles. The zero-order valence-corrected chi connectivity index (χ0v) is 12.3. The monoisotopic (exact) mass is 379 g/mol. The number of carbonyl (C=O) groups is 2. The van der Waals surface area contributed by atoms with Crippen LogP contribution >= 0.6 is 34.2 Å². The Morgan fingerprint density at radius 3 is 2.72 bits per heavy atom. The van der Waals surface area contributed by atoms with Crippen molar-refractivity contribution in [1.82, 2.24) is 4.90 Å². The summed E-state index contributed by atoms with van der Waals surface area (Å²) in [5, 5.41) is 9.18. The fourth-order valence-electron chi connectivity index (χ4n) is 1.94. The molecule has 0 radical (unpaired) electrons. The van der Waals surface area contributed by atoms with E-state index in [4.69, 9.17) is 16.7 Å². The Morgan fingerprint density at radius 2 is 2.11 bits per heavy atom. The highest BCUT2D eigenvalue weighted by molar-refractivity contribution is 14.1. The molecule has 4 nitrogen and oxygen atoms in total. The van der Waals surface area contributed by atoms with Crippen molar-refractivity contribution >= 4 is 46.1 Å². The molecule has 1 aliphatic heterocycles. The van der Waals surface area contributed by atoms with Gasteiger partial charge in [0.1, 0.15) is 0 Å². The molecule has 1 saturated heterocycles. The molecule has 0 aliphatic carbocycles. The van der Waals surface area contributed by atoms with E-state index >= 15 is 0 Å². The van der Waals surface area contributed by atoms with Gasteiger partial charge in [0.15, 0.2) is 0 Å².